The zero-order chi connectivity index (χ0) is 17.4. The smallest absolute Gasteiger partial charge is 0.233 e. The SMILES string of the molecule is COc1ccc(C)cc1NC(=O)CC(=O)NCCC1=CCCCC1. The summed E-state index contributed by atoms with van der Waals surface area (Å²) < 4.78 is 5.22. The molecule has 0 spiro atoms. The molecule has 1 aliphatic carbocycles. The van der Waals surface area contributed by atoms with Crippen molar-refractivity contribution in [1.82, 2.24) is 5.32 Å². The van der Waals surface area contributed by atoms with E-state index in [-0.39, 0.29) is 18.2 Å². The van der Waals surface area contributed by atoms with Crippen molar-refractivity contribution in [1.29, 1.82) is 0 Å². The van der Waals surface area contributed by atoms with E-state index >= 15 is 0 Å². The van der Waals surface area contributed by atoms with Gasteiger partial charge in [-0.25, -0.2) is 0 Å². The molecule has 5 heteroatoms. The molecule has 0 fully saturated rings. The lowest BCUT2D eigenvalue weighted by molar-refractivity contribution is -0.126. The highest BCUT2D eigenvalue weighted by molar-refractivity contribution is 6.04. The van der Waals surface area contributed by atoms with Gasteiger partial charge in [-0.15, -0.1) is 0 Å². The van der Waals surface area contributed by atoms with Gasteiger partial charge in [-0.05, 0) is 56.7 Å². The van der Waals surface area contributed by atoms with Gasteiger partial charge in [0.05, 0.1) is 12.8 Å². The predicted octanol–water partition coefficient (Wildman–Crippen LogP) is 3.34. The molecule has 1 aromatic rings. The lowest BCUT2D eigenvalue weighted by Crippen LogP contribution is -2.29. The number of aryl methyl sites for hydroxylation is 1. The normalized spacial score (nSPS) is 13.8. The minimum Gasteiger partial charge on any atom is -0.495 e. The van der Waals surface area contributed by atoms with Crippen LogP contribution in [0.1, 0.15) is 44.1 Å². The van der Waals surface area contributed by atoms with Crippen molar-refractivity contribution in [3.8, 4) is 5.75 Å². The number of rotatable bonds is 7. The molecule has 5 nitrogen and oxygen atoms in total. The molecule has 2 rings (SSSR count). The topological polar surface area (TPSA) is 67.4 Å². The lowest BCUT2D eigenvalue weighted by Gasteiger charge is -2.13. The van der Waals surface area contributed by atoms with Gasteiger partial charge >= 0.3 is 0 Å². The summed E-state index contributed by atoms with van der Waals surface area (Å²) in [5, 5.41) is 5.55. The fourth-order valence-corrected chi connectivity index (χ4v) is 2.82. The maximum absolute atomic E-state index is 12.0. The fourth-order valence-electron chi connectivity index (χ4n) is 2.82. The van der Waals surface area contributed by atoms with Crippen LogP contribution < -0.4 is 15.4 Å². The minimum absolute atomic E-state index is 0.184. The molecule has 2 amide bonds. The molecule has 24 heavy (non-hydrogen) atoms. The van der Waals surface area contributed by atoms with E-state index in [0.717, 1.165) is 24.8 Å². The van der Waals surface area contributed by atoms with Crippen molar-refractivity contribution in [2.45, 2.75) is 45.4 Å². The van der Waals surface area contributed by atoms with Crippen LogP contribution in [0.2, 0.25) is 0 Å². The van der Waals surface area contributed by atoms with Crippen LogP contribution in [0.3, 0.4) is 0 Å². The minimum atomic E-state index is -0.340. The number of methoxy groups -OCH3 is 1. The van der Waals surface area contributed by atoms with E-state index in [2.05, 4.69) is 16.7 Å². The molecule has 0 unspecified atom stereocenters. The van der Waals surface area contributed by atoms with Gasteiger partial charge in [-0.2, -0.15) is 0 Å². The summed E-state index contributed by atoms with van der Waals surface area (Å²) in [6, 6.07) is 5.52. The summed E-state index contributed by atoms with van der Waals surface area (Å²) in [6.45, 7) is 2.52. The van der Waals surface area contributed by atoms with E-state index < -0.39 is 0 Å². The number of carbonyl (C=O) groups is 2. The highest BCUT2D eigenvalue weighted by atomic mass is 16.5. The molecule has 0 atom stereocenters. The molecule has 2 N–H and O–H groups in total. The van der Waals surface area contributed by atoms with E-state index in [4.69, 9.17) is 4.74 Å². The van der Waals surface area contributed by atoms with Gasteiger partial charge < -0.3 is 15.4 Å². The van der Waals surface area contributed by atoms with Crippen LogP contribution in [0.4, 0.5) is 5.69 Å². The van der Waals surface area contributed by atoms with E-state index in [1.54, 1.807) is 13.2 Å². The molecule has 0 heterocycles. The first-order chi connectivity index (χ1) is 11.6. The Morgan fingerprint density at radius 2 is 2.04 bits per heavy atom. The predicted molar refractivity (Wildman–Crippen MR) is 95.2 cm³/mol. The number of hydrogen-bond donors (Lipinski definition) is 2. The molecule has 130 valence electrons. The molecule has 1 aromatic carbocycles. The Balaban J connectivity index is 1.76. The van der Waals surface area contributed by atoms with Crippen molar-refractivity contribution in [2.75, 3.05) is 19.0 Å². The number of ether oxygens (including phenoxy) is 1. The van der Waals surface area contributed by atoms with Gasteiger partial charge in [0, 0.05) is 6.54 Å². The summed E-state index contributed by atoms with van der Waals surface area (Å²) in [4.78, 5) is 23.9. The zero-order valence-electron chi connectivity index (χ0n) is 14.5. The number of hydrogen-bond acceptors (Lipinski definition) is 3. The highest BCUT2D eigenvalue weighted by Crippen LogP contribution is 2.25. The van der Waals surface area contributed by atoms with Gasteiger partial charge in [-0.3, -0.25) is 9.59 Å². The maximum atomic E-state index is 12.0. The third-order valence-electron chi connectivity index (χ3n) is 4.10. The monoisotopic (exact) mass is 330 g/mol. The highest BCUT2D eigenvalue weighted by Gasteiger charge is 2.12. The van der Waals surface area contributed by atoms with Crippen molar-refractivity contribution < 1.29 is 14.3 Å². The second-order valence-corrected chi connectivity index (χ2v) is 6.14. The van der Waals surface area contributed by atoms with Crippen LogP contribution in [0.5, 0.6) is 5.75 Å². The molecular weight excluding hydrogens is 304 g/mol. The number of amides is 2. The molecular formula is C19H26N2O3. The Hall–Kier alpha value is -2.30. The number of carbonyl (C=O) groups excluding carboxylic acids is 2. The van der Waals surface area contributed by atoms with E-state index in [9.17, 15) is 9.59 Å². The molecule has 0 aromatic heterocycles. The number of benzene rings is 1. The Kier molecular flexibility index (Phi) is 6.85. The van der Waals surface area contributed by atoms with Crippen molar-refractivity contribution in [3.05, 3.63) is 35.4 Å². The van der Waals surface area contributed by atoms with Crippen molar-refractivity contribution in [2.24, 2.45) is 0 Å². The molecule has 0 saturated carbocycles. The number of allylic oxidation sites excluding steroid dienone is 1. The maximum Gasteiger partial charge on any atom is 0.233 e. The summed E-state index contributed by atoms with van der Waals surface area (Å²) in [6.07, 6.45) is 7.73. The molecule has 0 saturated heterocycles. The third kappa shape index (κ3) is 5.72. The molecule has 0 aliphatic heterocycles. The van der Waals surface area contributed by atoms with Gasteiger partial charge in [0.1, 0.15) is 12.2 Å². The number of nitrogens with one attached hydrogen (secondary N) is 2. The lowest BCUT2D eigenvalue weighted by atomic mass is 9.97. The molecule has 0 radical (unpaired) electrons. The van der Waals surface area contributed by atoms with Gasteiger partial charge in [0.25, 0.3) is 0 Å². The number of anilines is 1. The van der Waals surface area contributed by atoms with Crippen LogP contribution in [0.25, 0.3) is 0 Å². The van der Waals surface area contributed by atoms with E-state index in [0.29, 0.717) is 18.0 Å². The Morgan fingerprint density at radius 1 is 1.21 bits per heavy atom. The van der Waals surface area contributed by atoms with Crippen LogP contribution in [0, 0.1) is 6.92 Å². The first kappa shape index (κ1) is 18.0. The summed E-state index contributed by atoms with van der Waals surface area (Å²) in [7, 11) is 1.55. The first-order valence-corrected chi connectivity index (χ1v) is 8.47. The van der Waals surface area contributed by atoms with Crippen LogP contribution in [-0.4, -0.2) is 25.5 Å². The van der Waals surface area contributed by atoms with Crippen molar-refractivity contribution >= 4 is 17.5 Å². The average Bonchev–Trinajstić information content (AvgIpc) is 2.56. The Labute approximate surface area is 143 Å². The van der Waals surface area contributed by atoms with E-state index in [1.807, 2.05) is 19.1 Å². The van der Waals surface area contributed by atoms with Crippen LogP contribution in [0.15, 0.2) is 29.8 Å². The second-order valence-electron chi connectivity index (χ2n) is 6.14. The largest absolute Gasteiger partial charge is 0.495 e. The van der Waals surface area contributed by atoms with Crippen LogP contribution in [-0.2, 0) is 9.59 Å². The van der Waals surface area contributed by atoms with Gasteiger partial charge in [0.15, 0.2) is 0 Å². The second kappa shape index (κ2) is 9.11. The third-order valence-corrected chi connectivity index (χ3v) is 4.10. The van der Waals surface area contributed by atoms with Gasteiger partial charge in [0.2, 0.25) is 11.8 Å². The standard InChI is InChI=1S/C19H26N2O3/c1-14-8-9-17(24-2)16(12-14)21-19(23)13-18(22)20-11-10-15-6-4-3-5-7-15/h6,8-9,12H,3-5,7,10-11,13H2,1-2H3,(H,20,22)(H,21,23). The Morgan fingerprint density at radius 3 is 2.75 bits per heavy atom. The van der Waals surface area contributed by atoms with E-state index in [1.165, 1.54) is 18.4 Å². The average molecular weight is 330 g/mol. The summed E-state index contributed by atoms with van der Waals surface area (Å²) in [5.74, 6) is -0.0117. The first-order valence-electron chi connectivity index (χ1n) is 8.47. The summed E-state index contributed by atoms with van der Waals surface area (Å²) >= 11 is 0. The quantitative estimate of drug-likeness (QED) is 0.595. The van der Waals surface area contributed by atoms with Crippen LogP contribution >= 0.6 is 0 Å². The molecule has 1 aliphatic rings. The Bertz CT molecular complexity index is 623. The zero-order valence-corrected chi connectivity index (χ0v) is 14.5. The van der Waals surface area contributed by atoms with Crippen molar-refractivity contribution in [3.63, 3.8) is 0 Å². The fraction of sp³-hybridized carbons (Fsp3) is 0.474. The molecule has 0 bridgehead atoms. The van der Waals surface area contributed by atoms with Gasteiger partial charge in [-0.1, -0.05) is 17.7 Å². The summed E-state index contributed by atoms with van der Waals surface area (Å²) in [5.41, 5.74) is 3.01.